The molecular weight excluding hydrogens is 429 g/mol. The molecule has 27 heavy (non-hydrogen) atoms. The standard InChI is InChI=1S/C20H17BrFN3OS/c21-14-5-9-16(10-6-14)23-20(26)25-11-1-2-18(25)19-24-17(12-27-19)13-3-7-15(22)8-4-13/h3-10,12,18H,1-2,11H2,(H,23,26)/t18-/m0/s1. The molecule has 0 bridgehead atoms. The summed E-state index contributed by atoms with van der Waals surface area (Å²) in [5, 5.41) is 5.84. The zero-order valence-electron chi connectivity index (χ0n) is 14.4. The molecule has 0 unspecified atom stereocenters. The highest BCUT2D eigenvalue weighted by atomic mass is 79.9. The summed E-state index contributed by atoms with van der Waals surface area (Å²) < 4.78 is 14.1. The number of carbonyl (C=O) groups is 1. The molecule has 2 heterocycles. The van der Waals surface area contributed by atoms with Crippen molar-refractivity contribution in [2.45, 2.75) is 18.9 Å². The number of hydrogen-bond acceptors (Lipinski definition) is 3. The van der Waals surface area contributed by atoms with Crippen LogP contribution in [-0.4, -0.2) is 22.5 Å². The number of rotatable bonds is 3. The number of hydrogen-bond donors (Lipinski definition) is 1. The summed E-state index contributed by atoms with van der Waals surface area (Å²) in [4.78, 5) is 19.3. The second-order valence-corrected chi connectivity index (χ2v) is 8.17. The highest BCUT2D eigenvalue weighted by Gasteiger charge is 2.32. The number of aromatic nitrogens is 1. The highest BCUT2D eigenvalue weighted by molar-refractivity contribution is 9.10. The quantitative estimate of drug-likeness (QED) is 0.530. The fourth-order valence-electron chi connectivity index (χ4n) is 3.19. The van der Waals surface area contributed by atoms with Crippen LogP contribution in [0.4, 0.5) is 14.9 Å². The third-order valence-electron chi connectivity index (χ3n) is 4.56. The third kappa shape index (κ3) is 4.04. The molecule has 1 atom stereocenters. The molecule has 138 valence electrons. The van der Waals surface area contributed by atoms with Gasteiger partial charge in [-0.3, -0.25) is 0 Å². The van der Waals surface area contributed by atoms with Crippen LogP contribution >= 0.6 is 27.3 Å². The van der Waals surface area contributed by atoms with Crippen molar-refractivity contribution >= 4 is 39.0 Å². The van der Waals surface area contributed by atoms with E-state index in [1.807, 2.05) is 34.5 Å². The fraction of sp³-hybridized carbons (Fsp3) is 0.200. The van der Waals surface area contributed by atoms with Gasteiger partial charge in [0, 0.05) is 27.6 Å². The molecule has 4 nitrogen and oxygen atoms in total. The van der Waals surface area contributed by atoms with Crippen molar-refractivity contribution in [3.05, 3.63) is 69.2 Å². The monoisotopic (exact) mass is 445 g/mol. The summed E-state index contributed by atoms with van der Waals surface area (Å²) in [6.45, 7) is 0.707. The topological polar surface area (TPSA) is 45.2 Å². The molecule has 1 aliphatic heterocycles. The van der Waals surface area contributed by atoms with Crippen LogP contribution < -0.4 is 5.32 Å². The van der Waals surface area contributed by atoms with E-state index in [4.69, 9.17) is 4.98 Å². The number of benzene rings is 2. The molecule has 2 aromatic carbocycles. The molecule has 3 aromatic rings. The number of anilines is 1. The minimum absolute atomic E-state index is 0.0281. The smallest absolute Gasteiger partial charge is 0.315 e. The summed E-state index contributed by atoms with van der Waals surface area (Å²) >= 11 is 4.94. The Morgan fingerprint density at radius 3 is 2.67 bits per heavy atom. The number of amides is 2. The minimum atomic E-state index is -0.263. The van der Waals surface area contributed by atoms with Gasteiger partial charge in [0.05, 0.1) is 11.7 Å². The molecule has 4 rings (SSSR count). The molecule has 0 aliphatic carbocycles. The van der Waals surface area contributed by atoms with E-state index in [9.17, 15) is 9.18 Å². The largest absolute Gasteiger partial charge is 0.322 e. The molecule has 0 radical (unpaired) electrons. The van der Waals surface area contributed by atoms with Gasteiger partial charge >= 0.3 is 6.03 Å². The lowest BCUT2D eigenvalue weighted by Gasteiger charge is -2.23. The van der Waals surface area contributed by atoms with Crippen molar-refractivity contribution in [3.8, 4) is 11.3 Å². The molecule has 0 saturated carbocycles. The number of nitrogens with zero attached hydrogens (tertiary/aromatic N) is 2. The molecule has 2 amide bonds. The lowest BCUT2D eigenvalue weighted by molar-refractivity contribution is 0.207. The first-order valence-electron chi connectivity index (χ1n) is 8.65. The van der Waals surface area contributed by atoms with E-state index < -0.39 is 0 Å². The third-order valence-corrected chi connectivity index (χ3v) is 6.03. The SMILES string of the molecule is O=C(Nc1ccc(Br)cc1)N1CCC[C@H]1c1nc(-c2ccc(F)cc2)cs1. The van der Waals surface area contributed by atoms with Crippen molar-refractivity contribution in [3.63, 3.8) is 0 Å². The first-order chi connectivity index (χ1) is 13.1. The Balaban J connectivity index is 1.50. The van der Waals surface area contributed by atoms with E-state index in [2.05, 4.69) is 21.2 Å². The molecule has 1 aromatic heterocycles. The minimum Gasteiger partial charge on any atom is -0.315 e. The Labute approximate surface area is 169 Å². The van der Waals surface area contributed by atoms with Crippen molar-refractivity contribution < 1.29 is 9.18 Å². The van der Waals surface area contributed by atoms with Gasteiger partial charge in [-0.15, -0.1) is 11.3 Å². The maximum atomic E-state index is 13.1. The van der Waals surface area contributed by atoms with Crippen LogP contribution in [0, 0.1) is 5.82 Å². The zero-order chi connectivity index (χ0) is 18.8. The molecule has 0 spiro atoms. The Morgan fingerprint density at radius 1 is 1.19 bits per heavy atom. The van der Waals surface area contributed by atoms with Gasteiger partial charge in [-0.25, -0.2) is 14.2 Å². The summed E-state index contributed by atoms with van der Waals surface area (Å²) in [5.74, 6) is -0.263. The lowest BCUT2D eigenvalue weighted by Crippen LogP contribution is -2.34. The van der Waals surface area contributed by atoms with E-state index >= 15 is 0 Å². The van der Waals surface area contributed by atoms with E-state index in [1.54, 1.807) is 23.5 Å². The average molecular weight is 446 g/mol. The summed E-state index contributed by atoms with van der Waals surface area (Å²) in [6, 6.07) is 13.7. The van der Waals surface area contributed by atoms with Gasteiger partial charge < -0.3 is 10.2 Å². The van der Waals surface area contributed by atoms with Crippen LogP contribution in [0.2, 0.25) is 0 Å². The predicted molar refractivity (Wildman–Crippen MR) is 109 cm³/mol. The Morgan fingerprint density at radius 2 is 1.93 bits per heavy atom. The van der Waals surface area contributed by atoms with Gasteiger partial charge in [0.15, 0.2) is 0 Å². The van der Waals surface area contributed by atoms with Crippen LogP contribution in [0.3, 0.4) is 0 Å². The van der Waals surface area contributed by atoms with Crippen molar-refractivity contribution in [2.24, 2.45) is 0 Å². The van der Waals surface area contributed by atoms with Gasteiger partial charge in [0.1, 0.15) is 10.8 Å². The second kappa shape index (κ2) is 7.78. The van der Waals surface area contributed by atoms with Crippen LogP contribution in [0.5, 0.6) is 0 Å². The zero-order valence-corrected chi connectivity index (χ0v) is 16.8. The number of urea groups is 1. The van der Waals surface area contributed by atoms with Gasteiger partial charge in [-0.2, -0.15) is 0 Å². The Kier molecular flexibility index (Phi) is 5.22. The molecule has 1 aliphatic rings. The average Bonchev–Trinajstić information content (AvgIpc) is 3.33. The van der Waals surface area contributed by atoms with E-state index in [0.29, 0.717) is 6.54 Å². The molecule has 7 heteroatoms. The fourth-order valence-corrected chi connectivity index (χ4v) is 4.43. The van der Waals surface area contributed by atoms with Crippen molar-refractivity contribution in [1.29, 1.82) is 0 Å². The number of carbonyl (C=O) groups excluding carboxylic acids is 1. The molecule has 1 N–H and O–H groups in total. The number of nitrogens with one attached hydrogen (secondary N) is 1. The van der Waals surface area contributed by atoms with E-state index in [1.165, 1.54) is 12.1 Å². The molecule has 1 fully saturated rings. The van der Waals surface area contributed by atoms with Crippen molar-refractivity contribution in [1.82, 2.24) is 9.88 Å². The number of likely N-dealkylation sites (tertiary alicyclic amines) is 1. The maximum absolute atomic E-state index is 13.1. The van der Waals surface area contributed by atoms with Crippen molar-refractivity contribution in [2.75, 3.05) is 11.9 Å². The second-order valence-electron chi connectivity index (χ2n) is 6.37. The number of thiazole rings is 1. The first kappa shape index (κ1) is 18.1. The van der Waals surface area contributed by atoms with Crippen LogP contribution in [0.1, 0.15) is 23.9 Å². The van der Waals surface area contributed by atoms with Crippen LogP contribution in [-0.2, 0) is 0 Å². The molecular formula is C20H17BrFN3OS. The lowest BCUT2D eigenvalue weighted by atomic mass is 10.2. The Bertz CT molecular complexity index is 943. The molecule has 1 saturated heterocycles. The van der Waals surface area contributed by atoms with E-state index in [0.717, 1.165) is 39.3 Å². The van der Waals surface area contributed by atoms with Gasteiger partial charge in [0.25, 0.3) is 0 Å². The van der Waals surface area contributed by atoms with Gasteiger partial charge in [-0.05, 0) is 61.4 Å². The predicted octanol–water partition coefficient (Wildman–Crippen LogP) is 6.08. The van der Waals surface area contributed by atoms with Gasteiger partial charge in [0.2, 0.25) is 0 Å². The van der Waals surface area contributed by atoms with E-state index in [-0.39, 0.29) is 17.9 Å². The number of halogens is 2. The Hall–Kier alpha value is -2.25. The highest BCUT2D eigenvalue weighted by Crippen LogP contribution is 2.36. The van der Waals surface area contributed by atoms with Crippen LogP contribution in [0.15, 0.2) is 58.4 Å². The summed E-state index contributed by atoms with van der Waals surface area (Å²) in [6.07, 6.45) is 1.84. The van der Waals surface area contributed by atoms with Gasteiger partial charge in [-0.1, -0.05) is 15.9 Å². The maximum Gasteiger partial charge on any atom is 0.322 e. The van der Waals surface area contributed by atoms with Crippen LogP contribution in [0.25, 0.3) is 11.3 Å². The summed E-state index contributed by atoms with van der Waals surface area (Å²) in [7, 11) is 0. The normalized spacial score (nSPS) is 16.5. The summed E-state index contributed by atoms with van der Waals surface area (Å²) in [5.41, 5.74) is 2.46. The first-order valence-corrected chi connectivity index (χ1v) is 10.3.